The van der Waals surface area contributed by atoms with E-state index in [9.17, 15) is 0 Å². The average Bonchev–Trinajstić information content (AvgIpc) is 1.89. The van der Waals surface area contributed by atoms with Crippen molar-refractivity contribution in [3.63, 3.8) is 0 Å². The standard InChI is InChI=1S/C7H13OSi/c1-2-3-4-5-6-7-8-9/h4-5H,2-3,6-7H2,1H3. The molecule has 0 aromatic heterocycles. The van der Waals surface area contributed by atoms with E-state index in [2.05, 4.69) is 34.0 Å². The van der Waals surface area contributed by atoms with Crippen LogP contribution >= 0.6 is 0 Å². The van der Waals surface area contributed by atoms with E-state index in [0.29, 0.717) is 0 Å². The third-order valence-corrected chi connectivity index (χ3v) is 1.21. The molecule has 0 bridgehead atoms. The predicted molar refractivity (Wildman–Crippen MR) is 40.4 cm³/mol. The molecule has 0 unspecified atom stereocenters. The lowest BCUT2D eigenvalue weighted by atomic mass is 10.3. The minimum absolute atomic E-state index is 0.761. The van der Waals surface area contributed by atoms with Crippen LogP contribution in [0.1, 0.15) is 26.2 Å². The molecule has 1 nitrogen and oxygen atoms in total. The van der Waals surface area contributed by atoms with Crippen molar-refractivity contribution in [3.05, 3.63) is 12.2 Å². The smallest absolute Gasteiger partial charge is 0.246 e. The van der Waals surface area contributed by atoms with Crippen molar-refractivity contribution in [2.45, 2.75) is 26.2 Å². The molecule has 0 aromatic carbocycles. The van der Waals surface area contributed by atoms with Gasteiger partial charge < -0.3 is 4.43 Å². The van der Waals surface area contributed by atoms with Crippen LogP contribution < -0.4 is 0 Å². The van der Waals surface area contributed by atoms with Crippen LogP contribution in [0.4, 0.5) is 0 Å². The van der Waals surface area contributed by atoms with Crippen LogP contribution in [0.2, 0.25) is 0 Å². The Hall–Kier alpha value is -0.0831. The Morgan fingerprint density at radius 1 is 1.33 bits per heavy atom. The van der Waals surface area contributed by atoms with E-state index in [-0.39, 0.29) is 0 Å². The summed E-state index contributed by atoms with van der Waals surface area (Å²) in [5, 5.41) is 0. The van der Waals surface area contributed by atoms with Gasteiger partial charge in [-0.15, -0.1) is 0 Å². The second-order valence-corrected chi connectivity index (χ2v) is 2.19. The van der Waals surface area contributed by atoms with Gasteiger partial charge in [0, 0.05) is 6.61 Å². The Morgan fingerprint density at radius 2 is 2.00 bits per heavy atom. The van der Waals surface area contributed by atoms with E-state index in [0.717, 1.165) is 13.0 Å². The molecule has 0 saturated carbocycles. The van der Waals surface area contributed by atoms with E-state index in [1.54, 1.807) is 0 Å². The largest absolute Gasteiger partial charge is 0.418 e. The van der Waals surface area contributed by atoms with Crippen LogP contribution in [0, 0.1) is 0 Å². The van der Waals surface area contributed by atoms with Crippen LogP contribution in [-0.4, -0.2) is 17.1 Å². The number of hydrogen-bond acceptors (Lipinski definition) is 1. The molecule has 0 fully saturated rings. The van der Waals surface area contributed by atoms with Gasteiger partial charge in [0.05, 0.1) is 0 Å². The quantitative estimate of drug-likeness (QED) is 0.322. The van der Waals surface area contributed by atoms with E-state index in [4.69, 9.17) is 0 Å². The van der Waals surface area contributed by atoms with Crippen LogP contribution in [-0.2, 0) is 4.43 Å². The number of allylic oxidation sites excluding steroid dienone is 1. The van der Waals surface area contributed by atoms with Crippen molar-refractivity contribution in [2.24, 2.45) is 0 Å². The van der Waals surface area contributed by atoms with Gasteiger partial charge in [0.1, 0.15) is 0 Å². The predicted octanol–water partition coefficient (Wildman–Crippen LogP) is 1.83. The zero-order chi connectivity index (χ0) is 6.95. The van der Waals surface area contributed by atoms with Crippen LogP contribution in [0.25, 0.3) is 0 Å². The molecule has 0 aromatic rings. The first-order valence-electron chi connectivity index (χ1n) is 3.35. The molecule has 9 heavy (non-hydrogen) atoms. The van der Waals surface area contributed by atoms with Crippen molar-refractivity contribution >= 4 is 10.5 Å². The molecule has 0 saturated heterocycles. The number of rotatable bonds is 5. The highest BCUT2D eigenvalue weighted by atomic mass is 28.2. The molecule has 0 aliphatic rings. The van der Waals surface area contributed by atoms with E-state index < -0.39 is 0 Å². The molecule has 51 valence electrons. The lowest BCUT2D eigenvalue weighted by molar-refractivity contribution is 0.358. The fourth-order valence-electron chi connectivity index (χ4n) is 0.529. The van der Waals surface area contributed by atoms with Crippen LogP contribution in [0.3, 0.4) is 0 Å². The maximum Gasteiger partial charge on any atom is 0.246 e. The monoisotopic (exact) mass is 141 g/mol. The highest BCUT2D eigenvalue weighted by molar-refractivity contribution is 5.97. The molecule has 3 radical (unpaired) electrons. The molecule has 0 aliphatic carbocycles. The summed E-state index contributed by atoms with van der Waals surface area (Å²) in [5.41, 5.74) is 0. The fraction of sp³-hybridized carbons (Fsp3) is 0.714. The summed E-state index contributed by atoms with van der Waals surface area (Å²) in [5.74, 6) is 0. The van der Waals surface area contributed by atoms with Crippen molar-refractivity contribution in [2.75, 3.05) is 6.61 Å². The summed E-state index contributed by atoms with van der Waals surface area (Å²) >= 11 is 0. The zero-order valence-corrected chi connectivity index (χ0v) is 6.89. The minimum Gasteiger partial charge on any atom is -0.418 e. The van der Waals surface area contributed by atoms with Gasteiger partial charge in [-0.2, -0.15) is 0 Å². The summed E-state index contributed by atoms with van der Waals surface area (Å²) in [6.07, 6.45) is 7.74. The molecule has 2 heteroatoms. The van der Waals surface area contributed by atoms with Gasteiger partial charge >= 0.3 is 0 Å². The number of hydrogen-bond donors (Lipinski definition) is 0. The first-order chi connectivity index (χ1) is 4.41. The molecule has 0 rings (SSSR count). The Balaban J connectivity index is 2.86. The molecular weight excluding hydrogens is 128 g/mol. The summed E-state index contributed by atoms with van der Waals surface area (Å²) in [6, 6.07) is 0. The summed E-state index contributed by atoms with van der Waals surface area (Å²) in [4.78, 5) is 0. The Bertz CT molecular complexity index is 71.3. The summed E-state index contributed by atoms with van der Waals surface area (Å²) in [7, 11) is 2.93. The van der Waals surface area contributed by atoms with Crippen molar-refractivity contribution < 1.29 is 4.43 Å². The maximum atomic E-state index is 4.68. The third-order valence-electron chi connectivity index (χ3n) is 1.01. The molecule has 0 amide bonds. The van der Waals surface area contributed by atoms with Gasteiger partial charge in [-0.1, -0.05) is 25.5 Å². The van der Waals surface area contributed by atoms with Gasteiger partial charge in [0.25, 0.3) is 0 Å². The highest BCUT2D eigenvalue weighted by Crippen LogP contribution is 1.90. The van der Waals surface area contributed by atoms with Gasteiger partial charge in [0.15, 0.2) is 0 Å². The van der Waals surface area contributed by atoms with Gasteiger partial charge in [-0.25, -0.2) is 0 Å². The zero-order valence-electron chi connectivity index (χ0n) is 5.89. The van der Waals surface area contributed by atoms with E-state index in [1.165, 1.54) is 12.8 Å². The first-order valence-corrected chi connectivity index (χ1v) is 3.76. The van der Waals surface area contributed by atoms with Gasteiger partial charge in [-0.3, -0.25) is 0 Å². The van der Waals surface area contributed by atoms with Crippen molar-refractivity contribution in [1.29, 1.82) is 0 Å². The Kier molecular flexibility index (Phi) is 7.84. The topological polar surface area (TPSA) is 9.23 Å². The van der Waals surface area contributed by atoms with Crippen LogP contribution in [0.15, 0.2) is 12.2 Å². The van der Waals surface area contributed by atoms with Crippen molar-refractivity contribution in [3.8, 4) is 0 Å². The molecule has 0 spiro atoms. The maximum absolute atomic E-state index is 4.68. The molecule has 0 aliphatic heterocycles. The summed E-state index contributed by atoms with van der Waals surface area (Å²) in [6.45, 7) is 2.93. The normalized spacial score (nSPS) is 10.9. The Morgan fingerprint density at radius 3 is 2.56 bits per heavy atom. The molecule has 0 heterocycles. The van der Waals surface area contributed by atoms with Crippen molar-refractivity contribution in [1.82, 2.24) is 0 Å². The molecule has 0 atom stereocenters. The SMILES string of the molecule is CCCC=CCCO[Si]. The third kappa shape index (κ3) is 7.92. The second kappa shape index (κ2) is 7.92. The number of unbranched alkanes of at least 4 members (excludes halogenated alkanes) is 1. The average molecular weight is 141 g/mol. The van der Waals surface area contributed by atoms with Crippen LogP contribution in [0.5, 0.6) is 0 Å². The minimum atomic E-state index is 0.761. The molecular formula is C7H13OSi. The van der Waals surface area contributed by atoms with E-state index in [1.807, 2.05) is 0 Å². The highest BCUT2D eigenvalue weighted by Gasteiger charge is 1.76. The Labute approximate surface area is 60.6 Å². The van der Waals surface area contributed by atoms with Gasteiger partial charge in [-0.05, 0) is 12.8 Å². The second-order valence-electron chi connectivity index (χ2n) is 1.90. The first kappa shape index (κ1) is 8.92. The molecule has 0 N–H and O–H groups in total. The lowest BCUT2D eigenvalue weighted by Crippen LogP contribution is -1.85. The van der Waals surface area contributed by atoms with E-state index >= 15 is 0 Å². The summed E-state index contributed by atoms with van der Waals surface area (Å²) < 4.78 is 4.68. The lowest BCUT2D eigenvalue weighted by Gasteiger charge is -1.89. The van der Waals surface area contributed by atoms with Gasteiger partial charge in [0.2, 0.25) is 10.5 Å². The fourth-order valence-corrected chi connectivity index (χ4v) is 0.647.